The normalized spacial score (nSPS) is 12.1. The molecule has 2 rings (SSSR count). The molecule has 10 heteroatoms. The number of ether oxygens (including phenoxy) is 1. The van der Waals surface area contributed by atoms with E-state index in [9.17, 15) is 18.3 Å². The van der Waals surface area contributed by atoms with E-state index < -0.39 is 28.8 Å². The summed E-state index contributed by atoms with van der Waals surface area (Å²) >= 11 is 12.0. The molecule has 0 fully saturated rings. The molecule has 2 aromatic carbocycles. The van der Waals surface area contributed by atoms with Crippen molar-refractivity contribution in [3.05, 3.63) is 58.1 Å². The van der Waals surface area contributed by atoms with Crippen LogP contribution in [-0.2, 0) is 21.4 Å². The number of amides is 1. The van der Waals surface area contributed by atoms with Crippen LogP contribution in [0.5, 0.6) is 0 Å². The maximum Gasteiger partial charge on any atom is 0.407 e. The van der Waals surface area contributed by atoms with Gasteiger partial charge in [-0.2, -0.15) is 0 Å². The minimum atomic E-state index is -4.10. The van der Waals surface area contributed by atoms with E-state index in [-0.39, 0.29) is 30.7 Å². The second kappa shape index (κ2) is 11.6. The van der Waals surface area contributed by atoms with Crippen molar-refractivity contribution in [3.8, 4) is 0 Å². The van der Waals surface area contributed by atoms with E-state index in [1.165, 1.54) is 30.3 Å². The van der Waals surface area contributed by atoms with E-state index in [0.717, 1.165) is 4.31 Å². The van der Waals surface area contributed by atoms with Crippen LogP contribution in [0.1, 0.15) is 33.8 Å². The van der Waals surface area contributed by atoms with Gasteiger partial charge in [0.05, 0.1) is 23.2 Å². The van der Waals surface area contributed by atoms with Gasteiger partial charge in [-0.1, -0.05) is 36.7 Å². The quantitative estimate of drug-likeness (QED) is 0.551. The van der Waals surface area contributed by atoms with Crippen LogP contribution in [0.3, 0.4) is 0 Å². The molecule has 1 atom stereocenters. The smallest absolute Gasteiger partial charge is 0.407 e. The summed E-state index contributed by atoms with van der Waals surface area (Å²) in [6, 6.07) is 9.32. The van der Waals surface area contributed by atoms with Crippen LogP contribution in [0.4, 0.5) is 10.5 Å². The molecule has 31 heavy (non-hydrogen) atoms. The molecule has 1 amide bonds. The van der Waals surface area contributed by atoms with Gasteiger partial charge in [-0.15, -0.1) is 0 Å². The number of nitrogens with zero attached hydrogens (tertiary/aromatic N) is 1. The highest BCUT2D eigenvalue weighted by Gasteiger charge is 2.32. The van der Waals surface area contributed by atoms with Gasteiger partial charge in [-0.3, -0.25) is 4.31 Å². The van der Waals surface area contributed by atoms with Crippen molar-refractivity contribution in [1.29, 1.82) is 0 Å². The summed E-state index contributed by atoms with van der Waals surface area (Å²) in [6.07, 6.45) is -0.658. The predicted octanol–water partition coefficient (Wildman–Crippen LogP) is 4.84. The predicted molar refractivity (Wildman–Crippen MR) is 124 cm³/mol. The molecular weight excluding hydrogens is 463 g/mol. The second-order valence-electron chi connectivity index (χ2n) is 6.93. The molecular formula is C21H28Cl2N2O5S. The van der Waals surface area contributed by atoms with Gasteiger partial charge >= 0.3 is 6.09 Å². The van der Waals surface area contributed by atoms with E-state index in [2.05, 4.69) is 5.32 Å². The molecule has 7 nitrogen and oxygen atoms in total. The summed E-state index contributed by atoms with van der Waals surface area (Å²) in [5, 5.41) is 13.0. The zero-order valence-electron chi connectivity index (χ0n) is 16.8. The van der Waals surface area contributed by atoms with Gasteiger partial charge in [0.15, 0.2) is 0 Å². The summed E-state index contributed by atoms with van der Waals surface area (Å²) in [7, 11) is -4.10. The van der Waals surface area contributed by atoms with E-state index in [1.54, 1.807) is 32.9 Å². The van der Waals surface area contributed by atoms with Crippen molar-refractivity contribution in [2.24, 2.45) is 0 Å². The molecule has 0 unspecified atom stereocenters. The molecule has 0 radical (unpaired) electrons. The molecule has 0 aromatic heterocycles. The van der Waals surface area contributed by atoms with Gasteiger partial charge in [0, 0.05) is 21.7 Å². The number of rotatable bonds is 8. The van der Waals surface area contributed by atoms with Gasteiger partial charge in [-0.25, -0.2) is 13.2 Å². The first kappa shape index (κ1) is 27.0. The van der Waals surface area contributed by atoms with Crippen molar-refractivity contribution < 1.29 is 23.1 Å². The standard InChI is InChI=1S/C20H24Cl2N2O5S.CH4/c1-13(2)23-20(26)29-12-14(3)24(19-10-17(22)5-4-15(19)11-25)30(27,28)18-8-6-16(21)7-9-18;/h4-10,13-14,25H,11-12H2,1-3H3,(H,23,26);1H4/t14-;/m1./s1. The number of carbonyl (C=O) groups excluding carboxylic acids is 1. The minimum Gasteiger partial charge on any atom is -0.447 e. The van der Waals surface area contributed by atoms with Crippen LogP contribution >= 0.6 is 23.2 Å². The molecule has 0 bridgehead atoms. The Hall–Kier alpha value is -2.00. The highest BCUT2D eigenvalue weighted by Crippen LogP contribution is 2.32. The van der Waals surface area contributed by atoms with Gasteiger partial charge in [0.25, 0.3) is 10.0 Å². The van der Waals surface area contributed by atoms with E-state index in [4.69, 9.17) is 27.9 Å². The van der Waals surface area contributed by atoms with Crippen LogP contribution < -0.4 is 9.62 Å². The average Bonchev–Trinajstić information content (AvgIpc) is 2.66. The summed E-state index contributed by atoms with van der Waals surface area (Å²) in [6.45, 7) is 4.53. The summed E-state index contributed by atoms with van der Waals surface area (Å²) in [5.74, 6) is 0. The number of anilines is 1. The first-order valence-electron chi connectivity index (χ1n) is 9.18. The topological polar surface area (TPSA) is 95.9 Å². The number of carbonyl (C=O) groups is 1. The molecule has 0 saturated heterocycles. The number of sulfonamides is 1. The third-order valence-corrected chi connectivity index (χ3v) is 6.52. The second-order valence-corrected chi connectivity index (χ2v) is 9.62. The molecule has 172 valence electrons. The number of alkyl carbamates (subject to hydrolysis) is 1. The zero-order chi connectivity index (χ0) is 22.5. The van der Waals surface area contributed by atoms with Crippen LogP contribution in [0.15, 0.2) is 47.4 Å². The molecule has 0 heterocycles. The Balaban J connectivity index is 0.00000480. The lowest BCUT2D eigenvalue weighted by Crippen LogP contribution is -2.43. The molecule has 0 aliphatic rings. The Kier molecular flexibility index (Phi) is 10.1. The van der Waals surface area contributed by atoms with Crippen molar-refractivity contribution in [2.75, 3.05) is 10.9 Å². The lowest BCUT2D eigenvalue weighted by atomic mass is 10.1. The van der Waals surface area contributed by atoms with Crippen LogP contribution in [-0.4, -0.2) is 38.3 Å². The lowest BCUT2D eigenvalue weighted by Gasteiger charge is -2.32. The van der Waals surface area contributed by atoms with Crippen LogP contribution in [0, 0.1) is 0 Å². The van der Waals surface area contributed by atoms with Crippen molar-refractivity contribution in [3.63, 3.8) is 0 Å². The number of hydrogen-bond donors (Lipinski definition) is 2. The Morgan fingerprint density at radius 2 is 1.68 bits per heavy atom. The number of aliphatic hydroxyl groups is 1. The molecule has 0 aliphatic heterocycles. The fraction of sp³-hybridized carbons (Fsp3) is 0.381. The fourth-order valence-corrected chi connectivity index (χ4v) is 4.70. The molecule has 0 saturated carbocycles. The monoisotopic (exact) mass is 490 g/mol. The number of halogens is 2. The maximum atomic E-state index is 13.5. The lowest BCUT2D eigenvalue weighted by molar-refractivity contribution is 0.139. The van der Waals surface area contributed by atoms with Gasteiger partial charge in [0.1, 0.15) is 6.61 Å². The summed E-state index contributed by atoms with van der Waals surface area (Å²) in [5.41, 5.74) is 0.552. The minimum absolute atomic E-state index is 0. The Labute approximate surface area is 194 Å². The Morgan fingerprint density at radius 1 is 1.10 bits per heavy atom. The van der Waals surface area contributed by atoms with Gasteiger partial charge < -0.3 is 15.2 Å². The molecule has 0 aliphatic carbocycles. The number of nitrogens with one attached hydrogen (secondary N) is 1. The molecule has 2 aromatic rings. The average molecular weight is 491 g/mol. The maximum absolute atomic E-state index is 13.5. The largest absolute Gasteiger partial charge is 0.447 e. The third-order valence-electron chi connectivity index (χ3n) is 4.09. The van der Waals surface area contributed by atoms with Crippen LogP contribution in [0.2, 0.25) is 10.0 Å². The number of hydrogen-bond acceptors (Lipinski definition) is 5. The fourth-order valence-electron chi connectivity index (χ4n) is 2.74. The van der Waals surface area contributed by atoms with E-state index in [1.807, 2.05) is 0 Å². The van der Waals surface area contributed by atoms with Gasteiger partial charge in [-0.05, 0) is 57.2 Å². The summed E-state index contributed by atoms with van der Waals surface area (Å²) in [4.78, 5) is 11.9. The van der Waals surface area contributed by atoms with Gasteiger partial charge in [0.2, 0.25) is 0 Å². The third kappa shape index (κ3) is 7.00. The summed E-state index contributed by atoms with van der Waals surface area (Å²) < 4.78 is 33.3. The highest BCUT2D eigenvalue weighted by molar-refractivity contribution is 7.92. The van der Waals surface area contributed by atoms with Crippen molar-refractivity contribution in [1.82, 2.24) is 5.32 Å². The van der Waals surface area contributed by atoms with E-state index >= 15 is 0 Å². The first-order valence-corrected chi connectivity index (χ1v) is 11.4. The van der Waals surface area contributed by atoms with Crippen LogP contribution in [0.25, 0.3) is 0 Å². The van der Waals surface area contributed by atoms with Crippen molar-refractivity contribution >= 4 is 45.0 Å². The Morgan fingerprint density at radius 3 is 2.23 bits per heavy atom. The van der Waals surface area contributed by atoms with Crippen molar-refractivity contribution in [2.45, 2.75) is 51.8 Å². The molecule has 2 N–H and O–H groups in total. The zero-order valence-corrected chi connectivity index (χ0v) is 19.1. The molecule has 0 spiro atoms. The first-order chi connectivity index (χ1) is 14.1. The highest BCUT2D eigenvalue weighted by atomic mass is 35.5. The number of benzene rings is 2. The number of aliphatic hydroxyl groups excluding tert-OH is 1. The Bertz CT molecular complexity index is 982. The van der Waals surface area contributed by atoms with E-state index in [0.29, 0.717) is 15.6 Å². The SMILES string of the molecule is C.CC(C)NC(=O)OC[C@@H](C)N(c1cc(Cl)ccc1CO)S(=O)(=O)c1ccc(Cl)cc1.